The van der Waals surface area contributed by atoms with E-state index in [9.17, 15) is 4.79 Å². The van der Waals surface area contributed by atoms with Crippen LogP contribution in [0.4, 0.5) is 0 Å². The first-order valence-corrected chi connectivity index (χ1v) is 11.3. The summed E-state index contributed by atoms with van der Waals surface area (Å²) in [5.41, 5.74) is 3.66. The molecule has 7 nitrogen and oxygen atoms in total. The number of aromatic nitrogens is 4. The predicted molar refractivity (Wildman–Crippen MR) is 124 cm³/mol. The summed E-state index contributed by atoms with van der Waals surface area (Å²) in [7, 11) is 2.08. The third-order valence-corrected chi connectivity index (χ3v) is 6.42. The lowest BCUT2D eigenvalue weighted by atomic mass is 10.1. The molecule has 31 heavy (non-hydrogen) atoms. The van der Waals surface area contributed by atoms with E-state index >= 15 is 0 Å². The quantitative estimate of drug-likeness (QED) is 0.454. The van der Waals surface area contributed by atoms with Crippen LogP contribution in [0.15, 0.2) is 54.3 Å². The highest BCUT2D eigenvalue weighted by molar-refractivity contribution is 7.13. The van der Waals surface area contributed by atoms with Crippen molar-refractivity contribution in [3.05, 3.63) is 59.9 Å². The molecule has 0 saturated heterocycles. The van der Waals surface area contributed by atoms with E-state index in [0.717, 1.165) is 29.1 Å². The Morgan fingerprint density at radius 2 is 2.13 bits per heavy atom. The maximum Gasteiger partial charge on any atom is 0.251 e. The fourth-order valence-corrected chi connectivity index (χ4v) is 4.21. The van der Waals surface area contributed by atoms with Gasteiger partial charge in [-0.1, -0.05) is 19.9 Å². The number of carbonyl (C=O) groups excluding carboxylic acids is 1. The van der Waals surface area contributed by atoms with Crippen molar-refractivity contribution >= 4 is 22.9 Å². The minimum atomic E-state index is -0.102. The summed E-state index contributed by atoms with van der Waals surface area (Å²) in [6, 6.07) is 9.85. The first-order valence-electron chi connectivity index (χ1n) is 10.4. The van der Waals surface area contributed by atoms with Crippen LogP contribution in [0.2, 0.25) is 0 Å². The second-order valence-corrected chi connectivity index (χ2v) is 8.34. The summed E-state index contributed by atoms with van der Waals surface area (Å²) in [5.74, 6) is -0.102. The molecule has 0 bridgehead atoms. The number of thiophene rings is 1. The van der Waals surface area contributed by atoms with E-state index in [1.54, 1.807) is 40.4 Å². The normalized spacial score (nSPS) is 12.4. The summed E-state index contributed by atoms with van der Waals surface area (Å²) in [6.07, 6.45) is 6.28. The molecule has 0 radical (unpaired) electrons. The van der Waals surface area contributed by atoms with Crippen molar-refractivity contribution in [1.29, 1.82) is 0 Å². The molecule has 4 aromatic rings. The van der Waals surface area contributed by atoms with Gasteiger partial charge in [-0.25, -0.2) is 9.50 Å². The number of nitrogens with zero attached hydrogens (tertiary/aromatic N) is 5. The number of carbonyl (C=O) groups is 1. The smallest absolute Gasteiger partial charge is 0.251 e. The number of hydrogen-bond acceptors (Lipinski definition) is 6. The first kappa shape index (κ1) is 21.1. The maximum absolute atomic E-state index is 12.8. The molecule has 0 aliphatic rings. The summed E-state index contributed by atoms with van der Waals surface area (Å²) in [4.78, 5) is 25.4. The monoisotopic (exact) mass is 434 g/mol. The molecule has 0 aliphatic carbocycles. The summed E-state index contributed by atoms with van der Waals surface area (Å²) < 4.78 is 1.73. The SMILES string of the molecule is CCC(CNC(=O)c1ccnc(-c2cnn3ccc(-c4cccs4)nc23)c1)N(C)CC. The van der Waals surface area contributed by atoms with Gasteiger partial charge in [-0.05, 0) is 49.7 Å². The number of nitrogens with one attached hydrogen (secondary N) is 1. The number of pyridine rings is 1. The Kier molecular flexibility index (Phi) is 6.39. The van der Waals surface area contributed by atoms with Gasteiger partial charge < -0.3 is 10.2 Å². The zero-order valence-electron chi connectivity index (χ0n) is 17.9. The molecule has 0 fully saturated rings. The number of hydrogen-bond donors (Lipinski definition) is 1. The van der Waals surface area contributed by atoms with Gasteiger partial charge in [0.15, 0.2) is 5.65 Å². The largest absolute Gasteiger partial charge is 0.350 e. The van der Waals surface area contributed by atoms with Gasteiger partial charge in [0.1, 0.15) is 0 Å². The molecular weight excluding hydrogens is 408 g/mol. The molecule has 1 unspecified atom stereocenters. The third kappa shape index (κ3) is 4.50. The van der Waals surface area contributed by atoms with Crippen LogP contribution in [-0.2, 0) is 0 Å². The molecule has 160 valence electrons. The maximum atomic E-state index is 12.8. The van der Waals surface area contributed by atoms with Crippen LogP contribution in [0.5, 0.6) is 0 Å². The van der Waals surface area contributed by atoms with Crippen LogP contribution >= 0.6 is 11.3 Å². The number of fused-ring (bicyclic) bond motifs is 1. The number of rotatable bonds is 8. The van der Waals surface area contributed by atoms with Crippen molar-refractivity contribution in [3.63, 3.8) is 0 Å². The van der Waals surface area contributed by atoms with Crippen LogP contribution in [0.1, 0.15) is 30.6 Å². The van der Waals surface area contributed by atoms with Crippen molar-refractivity contribution < 1.29 is 4.79 Å². The highest BCUT2D eigenvalue weighted by Crippen LogP contribution is 2.27. The summed E-state index contributed by atoms with van der Waals surface area (Å²) >= 11 is 1.64. The minimum Gasteiger partial charge on any atom is -0.350 e. The van der Waals surface area contributed by atoms with Gasteiger partial charge in [0.05, 0.1) is 28.0 Å². The van der Waals surface area contributed by atoms with E-state index in [1.807, 2.05) is 29.8 Å². The van der Waals surface area contributed by atoms with Gasteiger partial charge in [0.2, 0.25) is 0 Å². The molecule has 0 aliphatic heterocycles. The van der Waals surface area contributed by atoms with Crippen LogP contribution in [0, 0.1) is 0 Å². The molecule has 4 heterocycles. The zero-order chi connectivity index (χ0) is 21.8. The molecule has 0 saturated carbocycles. The average molecular weight is 435 g/mol. The second-order valence-electron chi connectivity index (χ2n) is 7.39. The molecule has 1 atom stereocenters. The Hall–Kier alpha value is -3.10. The lowest BCUT2D eigenvalue weighted by molar-refractivity contribution is 0.0938. The number of amides is 1. The standard InChI is InChI=1S/C23H26N6OS/c1-4-17(28(3)5-2)14-25-23(30)16-8-10-24-20(13-16)18-15-26-29-11-9-19(27-22(18)29)21-7-6-12-31-21/h6-13,15,17H,4-5,14H2,1-3H3,(H,25,30). The Bertz CT molecular complexity index is 1170. The number of likely N-dealkylation sites (N-methyl/N-ethyl adjacent to an activating group) is 1. The van der Waals surface area contributed by atoms with Crippen molar-refractivity contribution in [2.75, 3.05) is 20.1 Å². The predicted octanol–water partition coefficient (Wildman–Crippen LogP) is 3.98. The molecular formula is C23H26N6OS. The molecule has 1 N–H and O–H groups in total. The molecule has 0 spiro atoms. The van der Waals surface area contributed by atoms with Crippen LogP contribution in [0.3, 0.4) is 0 Å². The molecule has 4 rings (SSSR count). The molecule has 1 amide bonds. The van der Waals surface area contributed by atoms with Gasteiger partial charge in [-0.15, -0.1) is 11.3 Å². The first-order chi connectivity index (χ1) is 15.1. The van der Waals surface area contributed by atoms with E-state index in [1.165, 1.54) is 0 Å². The van der Waals surface area contributed by atoms with Crippen molar-refractivity contribution in [1.82, 2.24) is 29.8 Å². The third-order valence-electron chi connectivity index (χ3n) is 5.53. The summed E-state index contributed by atoms with van der Waals surface area (Å²) in [6.45, 7) is 5.81. The van der Waals surface area contributed by atoms with Crippen LogP contribution < -0.4 is 5.32 Å². The Balaban J connectivity index is 1.59. The van der Waals surface area contributed by atoms with Gasteiger partial charge >= 0.3 is 0 Å². The van der Waals surface area contributed by atoms with E-state index in [2.05, 4.69) is 41.2 Å². The van der Waals surface area contributed by atoms with Crippen molar-refractivity contribution in [2.24, 2.45) is 0 Å². The minimum absolute atomic E-state index is 0.102. The molecule has 4 aromatic heterocycles. The lowest BCUT2D eigenvalue weighted by Gasteiger charge is -2.25. The van der Waals surface area contributed by atoms with E-state index < -0.39 is 0 Å². The van der Waals surface area contributed by atoms with E-state index in [0.29, 0.717) is 29.5 Å². The van der Waals surface area contributed by atoms with Crippen molar-refractivity contribution in [2.45, 2.75) is 26.3 Å². The van der Waals surface area contributed by atoms with Crippen molar-refractivity contribution in [3.8, 4) is 21.8 Å². The molecule has 8 heteroatoms. The van der Waals surface area contributed by atoms with Crippen LogP contribution in [0.25, 0.3) is 27.5 Å². The topological polar surface area (TPSA) is 75.4 Å². The van der Waals surface area contributed by atoms with E-state index in [4.69, 9.17) is 4.98 Å². The second kappa shape index (κ2) is 9.36. The van der Waals surface area contributed by atoms with Gasteiger partial charge in [-0.3, -0.25) is 9.78 Å². The Morgan fingerprint density at radius 3 is 2.87 bits per heavy atom. The fraction of sp³-hybridized carbons (Fsp3) is 0.304. The fourth-order valence-electron chi connectivity index (χ4n) is 3.51. The lowest BCUT2D eigenvalue weighted by Crippen LogP contribution is -2.41. The average Bonchev–Trinajstić information content (AvgIpc) is 3.49. The highest BCUT2D eigenvalue weighted by Gasteiger charge is 2.16. The highest BCUT2D eigenvalue weighted by atomic mass is 32.1. The Morgan fingerprint density at radius 1 is 1.26 bits per heavy atom. The van der Waals surface area contributed by atoms with Gasteiger partial charge in [0, 0.05) is 30.5 Å². The van der Waals surface area contributed by atoms with Gasteiger partial charge in [0.25, 0.3) is 5.91 Å². The summed E-state index contributed by atoms with van der Waals surface area (Å²) in [5, 5.41) is 9.49. The Labute approximate surface area is 185 Å². The molecule has 0 aromatic carbocycles. The van der Waals surface area contributed by atoms with Crippen LogP contribution in [-0.4, -0.2) is 56.6 Å². The van der Waals surface area contributed by atoms with Gasteiger partial charge in [-0.2, -0.15) is 5.10 Å². The zero-order valence-corrected chi connectivity index (χ0v) is 18.8. The van der Waals surface area contributed by atoms with E-state index in [-0.39, 0.29) is 5.91 Å².